The van der Waals surface area contributed by atoms with E-state index in [9.17, 15) is 4.79 Å². The Morgan fingerprint density at radius 1 is 1.53 bits per heavy atom. The number of aldehydes is 1. The van der Waals surface area contributed by atoms with Crippen molar-refractivity contribution in [3.8, 4) is 0 Å². The third-order valence-corrected chi connectivity index (χ3v) is 5.24. The van der Waals surface area contributed by atoms with E-state index in [1.165, 1.54) is 11.3 Å². The van der Waals surface area contributed by atoms with Crippen molar-refractivity contribution >= 4 is 34.5 Å². The van der Waals surface area contributed by atoms with Crippen LogP contribution in [0, 0.1) is 0 Å². The largest absolute Gasteiger partial charge is 0.346 e. The van der Waals surface area contributed by atoms with Gasteiger partial charge in [-0.2, -0.15) is 11.8 Å². The fourth-order valence-electron chi connectivity index (χ4n) is 2.01. The molecule has 1 aromatic rings. The van der Waals surface area contributed by atoms with Crippen molar-refractivity contribution in [3.63, 3.8) is 0 Å². The first-order valence-corrected chi connectivity index (χ1v) is 7.70. The number of hydrogen-bond acceptors (Lipinski definition) is 5. The van der Waals surface area contributed by atoms with Crippen LogP contribution in [-0.4, -0.2) is 34.9 Å². The van der Waals surface area contributed by atoms with Gasteiger partial charge in [-0.25, -0.2) is 4.98 Å². The van der Waals surface area contributed by atoms with E-state index in [1.807, 2.05) is 18.7 Å². The predicted octanol–water partition coefficient (Wildman–Crippen LogP) is 2.85. The second kappa shape index (κ2) is 4.98. The van der Waals surface area contributed by atoms with Crippen molar-refractivity contribution in [1.29, 1.82) is 0 Å². The number of aryl methyl sites for hydroxylation is 1. The van der Waals surface area contributed by atoms with E-state index in [0.717, 1.165) is 47.3 Å². The first-order chi connectivity index (χ1) is 8.05. The molecule has 1 aliphatic rings. The van der Waals surface area contributed by atoms with E-state index in [1.54, 1.807) is 0 Å². The van der Waals surface area contributed by atoms with Crippen LogP contribution in [0.25, 0.3) is 0 Å². The maximum Gasteiger partial charge on any atom is 0.186 e. The molecule has 94 valence electrons. The molecule has 1 fully saturated rings. The summed E-state index contributed by atoms with van der Waals surface area (Å²) in [5.74, 6) is 1.13. The molecule has 1 aliphatic heterocycles. The number of aromatic nitrogens is 1. The number of hydrogen-bond donors (Lipinski definition) is 0. The zero-order chi connectivity index (χ0) is 12.5. The van der Waals surface area contributed by atoms with Gasteiger partial charge in [-0.15, -0.1) is 0 Å². The molecule has 0 amide bonds. The molecule has 2 heterocycles. The first-order valence-electron chi connectivity index (χ1n) is 5.89. The number of carbonyl (C=O) groups is 1. The Balaban J connectivity index is 2.22. The topological polar surface area (TPSA) is 33.2 Å². The minimum atomic E-state index is 0.275. The Hall–Kier alpha value is -0.550. The second-order valence-electron chi connectivity index (χ2n) is 4.81. The highest BCUT2D eigenvalue weighted by atomic mass is 32.2. The summed E-state index contributed by atoms with van der Waals surface area (Å²) >= 11 is 3.54. The zero-order valence-corrected chi connectivity index (χ0v) is 12.2. The van der Waals surface area contributed by atoms with Gasteiger partial charge in [0.1, 0.15) is 0 Å². The molecule has 17 heavy (non-hydrogen) atoms. The molecule has 0 atom stereocenters. The highest BCUT2D eigenvalue weighted by molar-refractivity contribution is 8.00. The maximum atomic E-state index is 11.0. The van der Waals surface area contributed by atoms with E-state index < -0.39 is 0 Å². The minimum absolute atomic E-state index is 0.275. The van der Waals surface area contributed by atoms with Crippen molar-refractivity contribution in [3.05, 3.63) is 10.6 Å². The van der Waals surface area contributed by atoms with Crippen molar-refractivity contribution in [2.24, 2.45) is 0 Å². The van der Waals surface area contributed by atoms with Crippen LogP contribution in [0.4, 0.5) is 5.13 Å². The number of thioether (sulfide) groups is 1. The van der Waals surface area contributed by atoms with Crippen molar-refractivity contribution in [2.45, 2.75) is 31.9 Å². The van der Waals surface area contributed by atoms with E-state index in [0.29, 0.717) is 0 Å². The number of rotatable bonds is 3. The molecule has 0 unspecified atom stereocenters. The Labute approximate surface area is 111 Å². The molecular formula is C12H18N2OS2. The third kappa shape index (κ3) is 2.83. The highest BCUT2D eigenvalue weighted by Crippen LogP contribution is 2.34. The fraction of sp³-hybridized carbons (Fsp3) is 0.667. The number of carbonyl (C=O) groups excluding carboxylic acids is 1. The summed E-state index contributed by atoms with van der Waals surface area (Å²) in [6, 6.07) is 0. The van der Waals surface area contributed by atoms with Gasteiger partial charge in [-0.3, -0.25) is 4.79 Å². The molecule has 1 saturated heterocycles. The van der Waals surface area contributed by atoms with Gasteiger partial charge in [0.15, 0.2) is 11.4 Å². The van der Waals surface area contributed by atoms with Gasteiger partial charge in [0.25, 0.3) is 0 Å². The van der Waals surface area contributed by atoms with Gasteiger partial charge in [-0.05, 0) is 20.3 Å². The van der Waals surface area contributed by atoms with Crippen LogP contribution in [0.1, 0.15) is 36.1 Å². The Bertz CT molecular complexity index is 415. The van der Waals surface area contributed by atoms with Crippen LogP contribution in [0.3, 0.4) is 0 Å². The molecule has 0 aliphatic carbocycles. The van der Waals surface area contributed by atoms with Crippen LogP contribution < -0.4 is 4.90 Å². The van der Waals surface area contributed by atoms with Crippen LogP contribution in [0.15, 0.2) is 0 Å². The summed E-state index contributed by atoms with van der Waals surface area (Å²) in [5, 5.41) is 1.01. The average Bonchev–Trinajstić information content (AvgIpc) is 2.70. The smallest absolute Gasteiger partial charge is 0.186 e. The number of nitrogens with zero attached hydrogens (tertiary/aromatic N) is 2. The summed E-state index contributed by atoms with van der Waals surface area (Å²) in [5.41, 5.74) is 0.941. The second-order valence-corrected chi connectivity index (χ2v) is 7.62. The molecule has 5 heteroatoms. The molecular weight excluding hydrogens is 252 g/mol. The predicted molar refractivity (Wildman–Crippen MR) is 75.6 cm³/mol. The lowest BCUT2D eigenvalue weighted by molar-refractivity contribution is 0.112. The Kier molecular flexibility index (Phi) is 3.78. The lowest BCUT2D eigenvalue weighted by Gasteiger charge is -2.37. The zero-order valence-electron chi connectivity index (χ0n) is 10.5. The summed E-state index contributed by atoms with van der Waals surface area (Å²) < 4.78 is 0.275. The van der Waals surface area contributed by atoms with Gasteiger partial charge < -0.3 is 4.90 Å². The maximum absolute atomic E-state index is 11.0. The van der Waals surface area contributed by atoms with Gasteiger partial charge in [-0.1, -0.05) is 18.3 Å². The molecule has 3 nitrogen and oxygen atoms in total. The normalized spacial score (nSPS) is 19.4. The lowest BCUT2D eigenvalue weighted by atomic mass is 10.2. The van der Waals surface area contributed by atoms with E-state index >= 15 is 0 Å². The monoisotopic (exact) mass is 270 g/mol. The molecule has 2 rings (SSSR count). The lowest BCUT2D eigenvalue weighted by Crippen LogP contribution is -2.43. The number of thiazole rings is 1. The van der Waals surface area contributed by atoms with E-state index in [-0.39, 0.29) is 4.75 Å². The summed E-state index contributed by atoms with van der Waals surface area (Å²) in [6.07, 6.45) is 1.76. The highest BCUT2D eigenvalue weighted by Gasteiger charge is 2.29. The molecule has 1 aromatic heterocycles. The van der Waals surface area contributed by atoms with Crippen molar-refractivity contribution < 1.29 is 4.79 Å². The van der Waals surface area contributed by atoms with Crippen LogP contribution >= 0.6 is 23.1 Å². The quantitative estimate of drug-likeness (QED) is 0.791. The summed E-state index contributed by atoms with van der Waals surface area (Å²) in [7, 11) is 0. The van der Waals surface area contributed by atoms with E-state index in [2.05, 4.69) is 23.7 Å². The SMILES string of the molecule is CCc1nc(N2CCSC(C)(C)C2)sc1C=O. The van der Waals surface area contributed by atoms with Crippen molar-refractivity contribution in [1.82, 2.24) is 4.98 Å². The van der Waals surface area contributed by atoms with Gasteiger partial charge >= 0.3 is 0 Å². The van der Waals surface area contributed by atoms with Crippen LogP contribution in [0.2, 0.25) is 0 Å². The average molecular weight is 270 g/mol. The summed E-state index contributed by atoms with van der Waals surface area (Å²) in [4.78, 5) is 18.7. The standard InChI is InChI=1S/C12H18N2OS2/c1-4-9-10(7-15)17-11(13-9)14-5-6-16-12(2,3)8-14/h7H,4-6,8H2,1-3H3. The van der Waals surface area contributed by atoms with Crippen LogP contribution in [0.5, 0.6) is 0 Å². The number of anilines is 1. The third-order valence-electron chi connectivity index (χ3n) is 2.85. The molecule has 0 N–H and O–H groups in total. The van der Waals surface area contributed by atoms with Gasteiger partial charge in [0.2, 0.25) is 0 Å². The Morgan fingerprint density at radius 2 is 2.29 bits per heavy atom. The first kappa shape index (κ1) is 12.9. The van der Waals surface area contributed by atoms with Crippen LogP contribution in [-0.2, 0) is 6.42 Å². The van der Waals surface area contributed by atoms with Gasteiger partial charge in [0, 0.05) is 23.6 Å². The van der Waals surface area contributed by atoms with E-state index in [4.69, 9.17) is 0 Å². The fourth-order valence-corrected chi connectivity index (χ4v) is 4.12. The molecule has 0 radical (unpaired) electrons. The van der Waals surface area contributed by atoms with Crippen molar-refractivity contribution in [2.75, 3.05) is 23.7 Å². The summed E-state index contributed by atoms with van der Waals surface area (Å²) in [6.45, 7) is 8.61. The Morgan fingerprint density at radius 3 is 2.82 bits per heavy atom. The molecule has 0 spiro atoms. The van der Waals surface area contributed by atoms with Gasteiger partial charge in [0.05, 0.1) is 10.6 Å². The minimum Gasteiger partial charge on any atom is -0.346 e. The molecule has 0 bridgehead atoms. The molecule has 0 saturated carbocycles. The molecule has 0 aromatic carbocycles.